The van der Waals surface area contributed by atoms with E-state index in [0.29, 0.717) is 18.8 Å². The third kappa shape index (κ3) is 5.07. The average Bonchev–Trinajstić information content (AvgIpc) is 3.19. The highest BCUT2D eigenvalue weighted by atomic mass is 35.5. The monoisotopic (exact) mass is 402 g/mol. The number of carbonyl (C=O) groups excluding carboxylic acids is 1. The van der Waals surface area contributed by atoms with E-state index < -0.39 is 0 Å². The van der Waals surface area contributed by atoms with Gasteiger partial charge in [-0.05, 0) is 31.5 Å². The van der Waals surface area contributed by atoms with E-state index in [4.69, 9.17) is 5.73 Å². The Bertz CT molecular complexity index is 695. The molecule has 0 saturated carbocycles. The van der Waals surface area contributed by atoms with Gasteiger partial charge in [0.25, 0.3) is 5.91 Å². The molecule has 1 aliphatic heterocycles. The molecule has 1 aromatic carbocycles. The van der Waals surface area contributed by atoms with Crippen LogP contribution in [0, 0.1) is 0 Å². The number of nitrogens with two attached hydrogens (primary N) is 1. The lowest BCUT2D eigenvalue weighted by Gasteiger charge is -2.27. The molecule has 138 valence electrons. The van der Waals surface area contributed by atoms with Gasteiger partial charge in [0.05, 0.1) is 5.01 Å². The number of hydrogen-bond acceptors (Lipinski definition) is 5. The average molecular weight is 403 g/mol. The van der Waals surface area contributed by atoms with Crippen molar-refractivity contribution in [2.24, 2.45) is 5.73 Å². The number of anilines is 1. The van der Waals surface area contributed by atoms with Gasteiger partial charge in [0.1, 0.15) is 5.69 Å². The SMILES string of the molecule is CC(CNC(=O)c1csc(CCN)n1)N1CCc2ccccc21.Cl.Cl. The molecule has 25 heavy (non-hydrogen) atoms. The van der Waals surface area contributed by atoms with Gasteiger partial charge in [-0.1, -0.05) is 18.2 Å². The molecule has 8 heteroatoms. The van der Waals surface area contributed by atoms with Crippen molar-refractivity contribution in [3.05, 3.63) is 45.9 Å². The number of nitrogens with zero attached hydrogens (tertiary/aromatic N) is 2. The standard InChI is InChI=1S/C17H22N4OS.2ClH/c1-12(21-9-7-13-4-2-3-5-15(13)21)10-19-17(22)14-11-23-16(20-14)6-8-18;;/h2-5,11-12H,6-10,18H2,1H3,(H,19,22);2*1H. The molecular formula is C17H24Cl2N4OS. The molecule has 5 nitrogen and oxygen atoms in total. The fraction of sp³-hybridized carbons (Fsp3) is 0.412. The Morgan fingerprint density at radius 2 is 2.16 bits per heavy atom. The molecule has 2 aromatic rings. The van der Waals surface area contributed by atoms with Gasteiger partial charge in [0.2, 0.25) is 0 Å². The number of fused-ring (bicyclic) bond motifs is 1. The van der Waals surface area contributed by atoms with Crippen LogP contribution in [0.25, 0.3) is 0 Å². The van der Waals surface area contributed by atoms with Crippen LogP contribution in [0.3, 0.4) is 0 Å². The van der Waals surface area contributed by atoms with Crippen molar-refractivity contribution >= 4 is 47.7 Å². The Balaban J connectivity index is 0.00000156. The fourth-order valence-electron chi connectivity index (χ4n) is 2.92. The zero-order chi connectivity index (χ0) is 16.2. The Hall–Kier alpha value is -1.34. The van der Waals surface area contributed by atoms with Crippen LogP contribution in [0.2, 0.25) is 0 Å². The minimum absolute atomic E-state index is 0. The zero-order valence-electron chi connectivity index (χ0n) is 14.1. The third-order valence-corrected chi connectivity index (χ3v) is 5.06. The molecule has 1 aliphatic rings. The number of carbonyl (C=O) groups is 1. The van der Waals surface area contributed by atoms with Crippen molar-refractivity contribution in [1.29, 1.82) is 0 Å². The quantitative estimate of drug-likeness (QED) is 0.778. The second-order valence-corrected chi connectivity index (χ2v) is 6.74. The molecule has 1 unspecified atom stereocenters. The molecule has 1 atom stereocenters. The highest BCUT2D eigenvalue weighted by Gasteiger charge is 2.23. The van der Waals surface area contributed by atoms with Gasteiger partial charge in [-0.15, -0.1) is 36.2 Å². The topological polar surface area (TPSA) is 71.2 Å². The van der Waals surface area contributed by atoms with Crippen molar-refractivity contribution in [2.75, 3.05) is 24.5 Å². The molecule has 1 aromatic heterocycles. The Morgan fingerprint density at radius 1 is 1.40 bits per heavy atom. The summed E-state index contributed by atoms with van der Waals surface area (Å²) in [6.45, 7) is 4.31. The van der Waals surface area contributed by atoms with Crippen LogP contribution in [-0.4, -0.2) is 36.6 Å². The molecule has 0 fully saturated rings. The molecule has 0 bridgehead atoms. The first-order chi connectivity index (χ1) is 11.2. The van der Waals surface area contributed by atoms with E-state index in [1.165, 1.54) is 22.6 Å². The number of para-hydroxylation sites is 1. The lowest BCUT2D eigenvalue weighted by atomic mass is 10.2. The van der Waals surface area contributed by atoms with E-state index in [-0.39, 0.29) is 36.8 Å². The highest BCUT2D eigenvalue weighted by Crippen LogP contribution is 2.28. The first-order valence-corrected chi connectivity index (χ1v) is 8.84. The fourth-order valence-corrected chi connectivity index (χ4v) is 3.71. The minimum Gasteiger partial charge on any atom is -0.366 e. The second kappa shape index (κ2) is 9.97. The summed E-state index contributed by atoms with van der Waals surface area (Å²) >= 11 is 1.49. The number of nitrogens with one attached hydrogen (secondary N) is 1. The predicted molar refractivity (Wildman–Crippen MR) is 109 cm³/mol. The second-order valence-electron chi connectivity index (χ2n) is 5.80. The van der Waals surface area contributed by atoms with E-state index in [2.05, 4.69) is 46.4 Å². The zero-order valence-corrected chi connectivity index (χ0v) is 16.6. The Morgan fingerprint density at radius 3 is 2.92 bits per heavy atom. The van der Waals surface area contributed by atoms with Crippen molar-refractivity contribution < 1.29 is 4.79 Å². The largest absolute Gasteiger partial charge is 0.366 e. The maximum Gasteiger partial charge on any atom is 0.270 e. The number of aromatic nitrogens is 1. The number of halogens is 2. The van der Waals surface area contributed by atoms with Gasteiger partial charge in [0.15, 0.2) is 0 Å². The molecule has 3 rings (SSSR count). The van der Waals surface area contributed by atoms with Gasteiger partial charge in [-0.25, -0.2) is 4.98 Å². The summed E-state index contributed by atoms with van der Waals surface area (Å²) < 4.78 is 0. The molecule has 3 N–H and O–H groups in total. The normalized spacial score (nSPS) is 13.4. The van der Waals surface area contributed by atoms with Crippen LogP contribution in [-0.2, 0) is 12.8 Å². The van der Waals surface area contributed by atoms with Crippen molar-refractivity contribution in [3.8, 4) is 0 Å². The number of thiazole rings is 1. The predicted octanol–water partition coefficient (Wildman–Crippen LogP) is 2.67. The van der Waals surface area contributed by atoms with Gasteiger partial charge < -0.3 is 16.0 Å². The van der Waals surface area contributed by atoms with Crippen LogP contribution in [0.4, 0.5) is 5.69 Å². The Kier molecular flexibility index (Phi) is 8.65. The molecular weight excluding hydrogens is 379 g/mol. The molecule has 0 radical (unpaired) electrons. The summed E-state index contributed by atoms with van der Waals surface area (Å²) in [5.41, 5.74) is 8.68. The third-order valence-electron chi connectivity index (χ3n) is 4.16. The van der Waals surface area contributed by atoms with Crippen molar-refractivity contribution in [3.63, 3.8) is 0 Å². The van der Waals surface area contributed by atoms with Crippen LogP contribution < -0.4 is 16.0 Å². The smallest absolute Gasteiger partial charge is 0.270 e. The first kappa shape index (κ1) is 21.7. The molecule has 0 saturated heterocycles. The lowest BCUT2D eigenvalue weighted by Crippen LogP contribution is -2.41. The van der Waals surface area contributed by atoms with Gasteiger partial charge in [-0.2, -0.15) is 0 Å². The summed E-state index contributed by atoms with van der Waals surface area (Å²) in [5, 5.41) is 5.71. The highest BCUT2D eigenvalue weighted by molar-refractivity contribution is 7.09. The summed E-state index contributed by atoms with van der Waals surface area (Å²) in [7, 11) is 0. The van der Waals surface area contributed by atoms with Crippen molar-refractivity contribution in [1.82, 2.24) is 10.3 Å². The van der Waals surface area contributed by atoms with E-state index in [1.54, 1.807) is 5.38 Å². The van der Waals surface area contributed by atoms with Crippen LogP contribution in [0.15, 0.2) is 29.6 Å². The molecule has 1 amide bonds. The van der Waals surface area contributed by atoms with E-state index in [0.717, 1.165) is 24.4 Å². The van der Waals surface area contributed by atoms with E-state index in [1.807, 2.05) is 0 Å². The van der Waals surface area contributed by atoms with Gasteiger partial charge >= 0.3 is 0 Å². The minimum atomic E-state index is -0.108. The molecule has 0 aliphatic carbocycles. The van der Waals surface area contributed by atoms with Crippen LogP contribution in [0.5, 0.6) is 0 Å². The van der Waals surface area contributed by atoms with E-state index >= 15 is 0 Å². The van der Waals surface area contributed by atoms with Crippen LogP contribution in [0.1, 0.15) is 28.0 Å². The van der Waals surface area contributed by atoms with Crippen LogP contribution >= 0.6 is 36.2 Å². The number of rotatable bonds is 6. The lowest BCUT2D eigenvalue weighted by molar-refractivity contribution is 0.0947. The number of hydrogen-bond donors (Lipinski definition) is 2. The summed E-state index contributed by atoms with van der Waals surface area (Å²) in [4.78, 5) is 18.9. The summed E-state index contributed by atoms with van der Waals surface area (Å²) in [5.74, 6) is -0.108. The van der Waals surface area contributed by atoms with Crippen molar-refractivity contribution in [2.45, 2.75) is 25.8 Å². The maximum atomic E-state index is 12.2. The summed E-state index contributed by atoms with van der Waals surface area (Å²) in [6.07, 6.45) is 1.79. The molecule has 2 heterocycles. The molecule has 0 spiro atoms. The number of benzene rings is 1. The number of amides is 1. The van der Waals surface area contributed by atoms with Gasteiger partial charge in [0, 0.05) is 36.6 Å². The summed E-state index contributed by atoms with van der Waals surface area (Å²) in [6, 6.07) is 8.73. The van der Waals surface area contributed by atoms with Gasteiger partial charge in [-0.3, -0.25) is 4.79 Å². The van der Waals surface area contributed by atoms with E-state index in [9.17, 15) is 4.79 Å². The Labute approximate surface area is 164 Å². The first-order valence-electron chi connectivity index (χ1n) is 7.96. The maximum absolute atomic E-state index is 12.2.